The normalized spacial score (nSPS) is 16.2. The molecule has 136 valence electrons. The molecule has 0 saturated carbocycles. The van der Waals surface area contributed by atoms with Gasteiger partial charge in [0.2, 0.25) is 10.0 Å². The van der Waals surface area contributed by atoms with Crippen molar-refractivity contribution in [2.75, 3.05) is 6.54 Å². The zero-order valence-corrected chi connectivity index (χ0v) is 15.1. The van der Waals surface area contributed by atoms with Crippen LogP contribution in [0.2, 0.25) is 0 Å². The van der Waals surface area contributed by atoms with E-state index in [1.807, 2.05) is 18.2 Å². The molecule has 5 nitrogen and oxygen atoms in total. The first-order chi connectivity index (χ1) is 12.4. The van der Waals surface area contributed by atoms with Crippen molar-refractivity contribution in [1.29, 1.82) is 0 Å². The first-order valence-electron chi connectivity index (χ1n) is 8.42. The Morgan fingerprint density at radius 1 is 1.19 bits per heavy atom. The summed E-state index contributed by atoms with van der Waals surface area (Å²) >= 11 is 0. The highest BCUT2D eigenvalue weighted by atomic mass is 32.2. The molecule has 0 saturated heterocycles. The number of sulfonamides is 1. The first kappa shape index (κ1) is 18.4. The lowest BCUT2D eigenvalue weighted by Gasteiger charge is -2.13. The third-order valence-electron chi connectivity index (χ3n) is 4.63. The Kier molecular flexibility index (Phi) is 5.25. The van der Waals surface area contributed by atoms with E-state index in [0.717, 1.165) is 29.5 Å². The van der Waals surface area contributed by atoms with Gasteiger partial charge in [-0.1, -0.05) is 49.1 Å². The summed E-state index contributed by atoms with van der Waals surface area (Å²) in [5.74, 6) is -0.691. The molecule has 0 aromatic heterocycles. The molecule has 0 spiro atoms. The molecule has 2 N–H and O–H groups in total. The van der Waals surface area contributed by atoms with Crippen molar-refractivity contribution in [1.82, 2.24) is 4.72 Å². The minimum Gasteiger partial charge on any atom is -0.481 e. The third kappa shape index (κ3) is 4.03. The molecule has 0 amide bonds. The van der Waals surface area contributed by atoms with Gasteiger partial charge in [-0.15, -0.1) is 0 Å². The van der Waals surface area contributed by atoms with E-state index in [0.29, 0.717) is 12.1 Å². The van der Waals surface area contributed by atoms with Crippen LogP contribution in [0.25, 0.3) is 6.08 Å². The van der Waals surface area contributed by atoms with Crippen LogP contribution in [0.4, 0.5) is 0 Å². The molecule has 1 unspecified atom stereocenters. The average molecular weight is 371 g/mol. The maximum atomic E-state index is 12.6. The molecule has 2 aromatic rings. The molecule has 1 aliphatic carbocycles. The van der Waals surface area contributed by atoms with E-state index >= 15 is 0 Å². The van der Waals surface area contributed by atoms with Crippen LogP contribution in [0.5, 0.6) is 0 Å². The van der Waals surface area contributed by atoms with Gasteiger partial charge in [-0.05, 0) is 47.1 Å². The molecule has 3 rings (SSSR count). The number of carbonyl (C=O) groups is 1. The van der Waals surface area contributed by atoms with Crippen molar-refractivity contribution in [2.24, 2.45) is 5.92 Å². The standard InChI is InChI=1S/C20H21NO4S/c1-2-16-5-3-4-6-19(16)26(24,25)21-13-15-10-17-8-7-14(12-20(22)23)9-18(17)11-15/h2-9,15,21H,1,10-13H2,(H,22,23). The monoisotopic (exact) mass is 371 g/mol. The van der Waals surface area contributed by atoms with E-state index in [1.165, 1.54) is 6.08 Å². The van der Waals surface area contributed by atoms with Crippen LogP contribution in [0.3, 0.4) is 0 Å². The minimum atomic E-state index is -3.60. The first-order valence-corrected chi connectivity index (χ1v) is 9.91. The molecule has 0 aliphatic heterocycles. The smallest absolute Gasteiger partial charge is 0.307 e. The van der Waals surface area contributed by atoms with E-state index in [4.69, 9.17) is 5.11 Å². The zero-order chi connectivity index (χ0) is 18.7. The highest BCUT2D eigenvalue weighted by Gasteiger charge is 2.24. The van der Waals surface area contributed by atoms with Crippen LogP contribution in [0, 0.1) is 5.92 Å². The van der Waals surface area contributed by atoms with Gasteiger partial charge in [-0.25, -0.2) is 13.1 Å². The molecule has 0 radical (unpaired) electrons. The largest absolute Gasteiger partial charge is 0.481 e. The maximum Gasteiger partial charge on any atom is 0.307 e. The van der Waals surface area contributed by atoms with Crippen molar-refractivity contribution in [2.45, 2.75) is 24.2 Å². The van der Waals surface area contributed by atoms with Crippen molar-refractivity contribution in [3.05, 3.63) is 71.3 Å². The second-order valence-electron chi connectivity index (χ2n) is 6.54. The van der Waals surface area contributed by atoms with Gasteiger partial charge in [0, 0.05) is 6.54 Å². The summed E-state index contributed by atoms with van der Waals surface area (Å²) in [5, 5.41) is 8.91. The van der Waals surface area contributed by atoms with Gasteiger partial charge >= 0.3 is 5.97 Å². The van der Waals surface area contributed by atoms with Gasteiger partial charge in [0.25, 0.3) is 0 Å². The third-order valence-corrected chi connectivity index (χ3v) is 6.13. The Morgan fingerprint density at radius 2 is 1.92 bits per heavy atom. The Bertz CT molecular complexity index is 950. The summed E-state index contributed by atoms with van der Waals surface area (Å²) in [6, 6.07) is 12.5. The molecule has 1 atom stereocenters. The van der Waals surface area contributed by atoms with Gasteiger partial charge in [-0.2, -0.15) is 0 Å². The van der Waals surface area contributed by atoms with Crippen LogP contribution in [-0.4, -0.2) is 26.0 Å². The topological polar surface area (TPSA) is 83.5 Å². The number of carboxylic acids is 1. The number of fused-ring (bicyclic) bond motifs is 1. The average Bonchev–Trinajstić information content (AvgIpc) is 3.02. The zero-order valence-electron chi connectivity index (χ0n) is 14.3. The maximum absolute atomic E-state index is 12.6. The van der Waals surface area contributed by atoms with Crippen LogP contribution in [0.15, 0.2) is 53.9 Å². The van der Waals surface area contributed by atoms with E-state index in [2.05, 4.69) is 11.3 Å². The van der Waals surface area contributed by atoms with Crippen molar-refractivity contribution in [3.8, 4) is 0 Å². The van der Waals surface area contributed by atoms with Crippen molar-refractivity contribution >= 4 is 22.1 Å². The Morgan fingerprint density at radius 3 is 2.65 bits per heavy atom. The second-order valence-corrected chi connectivity index (χ2v) is 8.28. The van der Waals surface area contributed by atoms with Crippen LogP contribution in [-0.2, 0) is 34.1 Å². The van der Waals surface area contributed by atoms with Gasteiger partial charge in [-0.3, -0.25) is 4.79 Å². The molecular weight excluding hydrogens is 350 g/mol. The fourth-order valence-corrected chi connectivity index (χ4v) is 4.72. The van der Waals surface area contributed by atoms with Crippen molar-refractivity contribution in [3.63, 3.8) is 0 Å². The Hall–Kier alpha value is -2.44. The number of benzene rings is 2. The number of carboxylic acid groups (broad SMARTS) is 1. The quantitative estimate of drug-likeness (QED) is 0.784. The fraction of sp³-hybridized carbons (Fsp3) is 0.250. The molecule has 0 bridgehead atoms. The van der Waals surface area contributed by atoms with E-state index in [9.17, 15) is 13.2 Å². The summed E-state index contributed by atoms with van der Waals surface area (Å²) < 4.78 is 27.9. The summed E-state index contributed by atoms with van der Waals surface area (Å²) in [5.41, 5.74) is 3.62. The van der Waals surface area contributed by atoms with Crippen LogP contribution >= 0.6 is 0 Å². The number of rotatable bonds is 7. The van der Waals surface area contributed by atoms with E-state index < -0.39 is 16.0 Å². The molecule has 1 aliphatic rings. The van der Waals surface area contributed by atoms with Crippen molar-refractivity contribution < 1.29 is 18.3 Å². The highest BCUT2D eigenvalue weighted by Crippen LogP contribution is 2.28. The number of hydrogen-bond acceptors (Lipinski definition) is 3. The number of nitrogens with one attached hydrogen (secondary N) is 1. The molecule has 2 aromatic carbocycles. The Balaban J connectivity index is 1.67. The summed E-state index contributed by atoms with van der Waals surface area (Å²) in [6.07, 6.45) is 3.07. The van der Waals surface area contributed by atoms with Gasteiger partial charge < -0.3 is 5.11 Å². The molecule has 6 heteroatoms. The lowest BCUT2D eigenvalue weighted by atomic mass is 10.0. The minimum absolute atomic E-state index is 0.00289. The second kappa shape index (κ2) is 7.43. The highest BCUT2D eigenvalue weighted by molar-refractivity contribution is 7.89. The van der Waals surface area contributed by atoms with Crippen LogP contribution in [0.1, 0.15) is 22.3 Å². The lowest BCUT2D eigenvalue weighted by molar-refractivity contribution is -0.136. The summed E-state index contributed by atoms with van der Waals surface area (Å²) in [7, 11) is -3.60. The molecule has 0 fully saturated rings. The molecule has 0 heterocycles. The predicted molar refractivity (Wildman–Crippen MR) is 100 cm³/mol. The van der Waals surface area contributed by atoms with Gasteiger partial charge in [0.05, 0.1) is 11.3 Å². The Labute approximate surface area is 153 Å². The van der Waals surface area contributed by atoms with Gasteiger partial charge in [0.1, 0.15) is 0 Å². The number of aliphatic carboxylic acids is 1. The number of hydrogen-bond donors (Lipinski definition) is 2. The SMILES string of the molecule is C=Cc1ccccc1S(=O)(=O)NCC1Cc2ccc(CC(=O)O)cc2C1. The van der Waals surface area contributed by atoms with Crippen LogP contribution < -0.4 is 4.72 Å². The summed E-state index contributed by atoms with van der Waals surface area (Å²) in [4.78, 5) is 11.1. The fourth-order valence-electron chi connectivity index (χ4n) is 3.39. The van der Waals surface area contributed by atoms with E-state index in [1.54, 1.807) is 24.3 Å². The lowest BCUT2D eigenvalue weighted by Crippen LogP contribution is -2.30. The summed E-state index contributed by atoms with van der Waals surface area (Å²) in [6.45, 7) is 4.01. The van der Waals surface area contributed by atoms with E-state index in [-0.39, 0.29) is 17.2 Å². The van der Waals surface area contributed by atoms with Gasteiger partial charge in [0.15, 0.2) is 0 Å². The molecule has 26 heavy (non-hydrogen) atoms. The predicted octanol–water partition coefficient (Wildman–Crippen LogP) is 2.65. The molecular formula is C20H21NO4S.